The molecule has 1 fully saturated rings. The molecule has 1 N–H and O–H groups in total. The summed E-state index contributed by atoms with van der Waals surface area (Å²) in [4.78, 5) is 18.5. The lowest BCUT2D eigenvalue weighted by atomic mass is 10.2. The predicted octanol–water partition coefficient (Wildman–Crippen LogP) is 3.06. The lowest BCUT2D eigenvalue weighted by Gasteiger charge is -2.36. The number of hydrogen-bond acceptors (Lipinski definition) is 5. The number of carbonyl (C=O) groups excluding carboxylic acids is 1. The summed E-state index contributed by atoms with van der Waals surface area (Å²) >= 11 is 0. The number of halogens is 1. The van der Waals surface area contributed by atoms with Crippen molar-refractivity contribution in [2.75, 3.05) is 55.4 Å². The summed E-state index contributed by atoms with van der Waals surface area (Å²) in [5.41, 5.74) is 2.82. The van der Waals surface area contributed by atoms with Crippen LogP contribution in [0.5, 0.6) is 0 Å². The molecule has 0 spiro atoms. The minimum Gasteiger partial charge on any atom is -0.378 e. The zero-order chi connectivity index (χ0) is 20.8. The maximum Gasteiger partial charge on any atom is 0.266 e. The highest BCUT2D eigenvalue weighted by Gasteiger charge is 2.23. The third-order valence-electron chi connectivity index (χ3n) is 4.86. The molecule has 0 radical (unpaired) electrons. The van der Waals surface area contributed by atoms with Crippen LogP contribution >= 0.6 is 0 Å². The molecular formula is C22H24FN5O. The van der Waals surface area contributed by atoms with Gasteiger partial charge in [-0.15, -0.1) is 0 Å². The van der Waals surface area contributed by atoms with Gasteiger partial charge in [-0.25, -0.2) is 4.39 Å². The van der Waals surface area contributed by atoms with Crippen molar-refractivity contribution in [1.82, 2.24) is 4.90 Å². The second-order valence-electron chi connectivity index (χ2n) is 7.01. The Kier molecular flexibility index (Phi) is 6.35. The first-order chi connectivity index (χ1) is 14.0. The highest BCUT2D eigenvalue weighted by atomic mass is 19.1. The molecular weight excluding hydrogens is 369 g/mol. The summed E-state index contributed by atoms with van der Waals surface area (Å²) < 4.78 is 13.1. The minimum atomic E-state index is -0.289. The molecule has 0 bridgehead atoms. The van der Waals surface area contributed by atoms with Crippen molar-refractivity contribution in [3.05, 3.63) is 66.1 Å². The van der Waals surface area contributed by atoms with Gasteiger partial charge in [0.1, 0.15) is 17.5 Å². The number of piperazine rings is 1. The summed E-state index contributed by atoms with van der Waals surface area (Å²) in [6, 6.07) is 16.0. The molecule has 0 unspecified atom stereocenters. The lowest BCUT2D eigenvalue weighted by molar-refractivity contribution is -0.127. The third kappa shape index (κ3) is 5.05. The number of anilines is 3. The molecule has 1 aliphatic rings. The van der Waals surface area contributed by atoms with E-state index in [0.29, 0.717) is 26.2 Å². The van der Waals surface area contributed by atoms with E-state index in [1.165, 1.54) is 18.3 Å². The van der Waals surface area contributed by atoms with Crippen LogP contribution in [0.4, 0.5) is 21.5 Å². The summed E-state index contributed by atoms with van der Waals surface area (Å²) in [5.74, 6) is -0.558. The van der Waals surface area contributed by atoms with Crippen LogP contribution < -0.4 is 15.1 Å². The van der Waals surface area contributed by atoms with Crippen LogP contribution in [0.1, 0.15) is 0 Å². The average molecular weight is 393 g/mol. The van der Waals surface area contributed by atoms with Gasteiger partial charge >= 0.3 is 0 Å². The van der Waals surface area contributed by atoms with Crippen LogP contribution in [0, 0.1) is 17.1 Å². The van der Waals surface area contributed by atoms with Crippen LogP contribution in [0.2, 0.25) is 0 Å². The van der Waals surface area contributed by atoms with Gasteiger partial charge in [0.05, 0.1) is 0 Å². The monoisotopic (exact) mass is 393 g/mol. The highest BCUT2D eigenvalue weighted by Crippen LogP contribution is 2.19. The number of carbonyl (C=O) groups is 1. The van der Waals surface area contributed by atoms with Crippen molar-refractivity contribution in [2.45, 2.75) is 0 Å². The van der Waals surface area contributed by atoms with E-state index >= 15 is 0 Å². The fourth-order valence-corrected chi connectivity index (χ4v) is 3.16. The SMILES string of the molecule is CN(C)c1cccc(N/C=C(/C#N)C(=O)N2CCN(c3ccc(F)cc3)CC2)c1. The molecule has 3 rings (SSSR count). The fraction of sp³-hybridized carbons (Fsp3) is 0.273. The topological polar surface area (TPSA) is 62.6 Å². The van der Waals surface area contributed by atoms with Crippen LogP contribution in [0.3, 0.4) is 0 Å². The van der Waals surface area contributed by atoms with E-state index in [1.54, 1.807) is 17.0 Å². The molecule has 7 heteroatoms. The Labute approximate surface area is 170 Å². The molecule has 29 heavy (non-hydrogen) atoms. The van der Waals surface area contributed by atoms with E-state index in [0.717, 1.165) is 17.1 Å². The first-order valence-corrected chi connectivity index (χ1v) is 9.42. The Balaban J connectivity index is 1.61. The van der Waals surface area contributed by atoms with Crippen LogP contribution in [-0.4, -0.2) is 51.1 Å². The van der Waals surface area contributed by atoms with Gasteiger partial charge in [0, 0.05) is 63.5 Å². The molecule has 0 aliphatic carbocycles. The van der Waals surface area contributed by atoms with E-state index in [9.17, 15) is 14.4 Å². The van der Waals surface area contributed by atoms with Crippen molar-refractivity contribution < 1.29 is 9.18 Å². The number of nitriles is 1. The second-order valence-corrected chi connectivity index (χ2v) is 7.01. The van der Waals surface area contributed by atoms with Crippen molar-refractivity contribution in [2.24, 2.45) is 0 Å². The number of nitrogens with zero attached hydrogens (tertiary/aromatic N) is 4. The highest BCUT2D eigenvalue weighted by molar-refractivity contribution is 5.97. The van der Waals surface area contributed by atoms with Crippen molar-refractivity contribution in [3.8, 4) is 6.07 Å². The van der Waals surface area contributed by atoms with E-state index in [4.69, 9.17) is 0 Å². The lowest BCUT2D eigenvalue weighted by Crippen LogP contribution is -2.49. The van der Waals surface area contributed by atoms with Crippen molar-refractivity contribution in [3.63, 3.8) is 0 Å². The molecule has 150 valence electrons. The molecule has 1 heterocycles. The van der Waals surface area contributed by atoms with Gasteiger partial charge in [0.25, 0.3) is 5.91 Å². The summed E-state index contributed by atoms with van der Waals surface area (Å²) in [7, 11) is 3.90. The zero-order valence-electron chi connectivity index (χ0n) is 16.6. The van der Waals surface area contributed by atoms with Crippen LogP contribution in [0.15, 0.2) is 60.3 Å². The number of benzene rings is 2. The largest absolute Gasteiger partial charge is 0.378 e. The van der Waals surface area contributed by atoms with Gasteiger partial charge < -0.3 is 20.0 Å². The van der Waals surface area contributed by atoms with Gasteiger partial charge in [-0.3, -0.25) is 4.79 Å². The standard InChI is InChI=1S/C22H24FN5O/c1-26(2)21-5-3-4-19(14-21)25-16-17(15-24)22(29)28-12-10-27(11-13-28)20-8-6-18(23)7-9-20/h3-9,14,16,25H,10-13H2,1-2H3/b17-16-. The molecule has 0 atom stereocenters. The van der Waals surface area contributed by atoms with E-state index in [1.807, 2.05) is 49.3 Å². The maximum absolute atomic E-state index is 13.1. The Morgan fingerprint density at radius 3 is 2.45 bits per heavy atom. The third-order valence-corrected chi connectivity index (χ3v) is 4.86. The maximum atomic E-state index is 13.1. The average Bonchev–Trinajstić information content (AvgIpc) is 2.75. The molecule has 1 amide bonds. The first-order valence-electron chi connectivity index (χ1n) is 9.42. The van der Waals surface area contributed by atoms with Crippen LogP contribution in [0.25, 0.3) is 0 Å². The number of amides is 1. The quantitative estimate of drug-likeness (QED) is 0.625. The first kappa shape index (κ1) is 20.2. The fourth-order valence-electron chi connectivity index (χ4n) is 3.16. The van der Waals surface area contributed by atoms with Gasteiger partial charge in [0.15, 0.2) is 0 Å². The van der Waals surface area contributed by atoms with E-state index in [-0.39, 0.29) is 17.3 Å². The number of rotatable bonds is 5. The van der Waals surface area contributed by atoms with Crippen molar-refractivity contribution in [1.29, 1.82) is 5.26 Å². The molecule has 0 saturated carbocycles. The van der Waals surface area contributed by atoms with Crippen LogP contribution in [-0.2, 0) is 4.79 Å². The molecule has 2 aromatic carbocycles. The van der Waals surface area contributed by atoms with Crippen molar-refractivity contribution >= 4 is 23.0 Å². The summed E-state index contributed by atoms with van der Waals surface area (Å²) in [6.07, 6.45) is 1.46. The Hall–Kier alpha value is -3.53. The Morgan fingerprint density at radius 2 is 1.83 bits per heavy atom. The van der Waals surface area contributed by atoms with Gasteiger partial charge in [-0.05, 0) is 42.5 Å². The second kappa shape index (κ2) is 9.11. The molecule has 2 aromatic rings. The number of hydrogen-bond donors (Lipinski definition) is 1. The van der Waals surface area contributed by atoms with E-state index < -0.39 is 0 Å². The smallest absolute Gasteiger partial charge is 0.266 e. The normalized spacial score (nSPS) is 14.3. The summed E-state index contributed by atoms with van der Waals surface area (Å²) in [6.45, 7) is 2.28. The van der Waals surface area contributed by atoms with E-state index in [2.05, 4.69) is 10.2 Å². The molecule has 0 aromatic heterocycles. The summed E-state index contributed by atoms with van der Waals surface area (Å²) in [5, 5.41) is 12.5. The minimum absolute atomic E-state index is 0.0653. The molecule has 6 nitrogen and oxygen atoms in total. The predicted molar refractivity (Wildman–Crippen MR) is 113 cm³/mol. The number of nitrogens with one attached hydrogen (secondary N) is 1. The van der Waals surface area contributed by atoms with Gasteiger partial charge in [-0.2, -0.15) is 5.26 Å². The zero-order valence-corrected chi connectivity index (χ0v) is 16.6. The van der Waals surface area contributed by atoms with Gasteiger partial charge in [0.2, 0.25) is 0 Å². The van der Waals surface area contributed by atoms with Gasteiger partial charge in [-0.1, -0.05) is 6.07 Å². The Bertz CT molecular complexity index is 925. The molecule has 1 saturated heterocycles. The molecule has 1 aliphatic heterocycles. The Morgan fingerprint density at radius 1 is 1.14 bits per heavy atom.